The maximum Gasteiger partial charge on any atom is 0.0441 e. The Morgan fingerprint density at radius 2 is 2.14 bits per heavy atom. The maximum absolute atomic E-state index is 6.20. The van der Waals surface area contributed by atoms with Crippen LogP contribution in [0, 0.1) is 5.92 Å². The van der Waals surface area contributed by atoms with Gasteiger partial charge < -0.3 is 5.32 Å². The first-order chi connectivity index (χ1) is 6.83. The van der Waals surface area contributed by atoms with Gasteiger partial charge in [0.2, 0.25) is 0 Å². The number of likely N-dealkylation sites (N-methyl/N-ethyl adjacent to an activating group) is 1. The highest BCUT2D eigenvalue weighted by Crippen LogP contribution is 2.43. The van der Waals surface area contributed by atoms with Crippen molar-refractivity contribution in [3.8, 4) is 0 Å². The second-order valence-electron chi connectivity index (χ2n) is 4.02. The second kappa shape index (κ2) is 4.33. The van der Waals surface area contributed by atoms with E-state index < -0.39 is 0 Å². The third kappa shape index (κ3) is 2.10. The van der Waals surface area contributed by atoms with Gasteiger partial charge in [0.15, 0.2) is 0 Å². The van der Waals surface area contributed by atoms with Crippen LogP contribution in [0.2, 0.25) is 5.02 Å². The fraction of sp³-hybridized carbons (Fsp3) is 0.500. The van der Waals surface area contributed by atoms with Crippen molar-refractivity contribution in [1.82, 2.24) is 5.32 Å². The van der Waals surface area contributed by atoms with E-state index in [9.17, 15) is 0 Å². The molecule has 2 rings (SSSR count). The van der Waals surface area contributed by atoms with E-state index in [0.717, 1.165) is 17.5 Å². The molecule has 0 bridgehead atoms. The topological polar surface area (TPSA) is 12.0 Å². The quantitative estimate of drug-likeness (QED) is 0.804. The van der Waals surface area contributed by atoms with E-state index in [2.05, 4.69) is 17.4 Å². The summed E-state index contributed by atoms with van der Waals surface area (Å²) in [4.78, 5) is 0. The summed E-state index contributed by atoms with van der Waals surface area (Å²) in [5.41, 5.74) is 1.31. The summed E-state index contributed by atoms with van der Waals surface area (Å²) in [5, 5.41) is 4.17. The second-order valence-corrected chi connectivity index (χ2v) is 4.43. The molecular weight excluding hydrogens is 194 g/mol. The van der Waals surface area contributed by atoms with Crippen molar-refractivity contribution in [2.45, 2.75) is 18.8 Å². The Morgan fingerprint density at radius 1 is 1.43 bits per heavy atom. The van der Waals surface area contributed by atoms with Gasteiger partial charge >= 0.3 is 0 Å². The van der Waals surface area contributed by atoms with Gasteiger partial charge in [0.25, 0.3) is 0 Å². The lowest BCUT2D eigenvalue weighted by Gasteiger charge is -2.17. The average molecular weight is 210 g/mol. The molecule has 14 heavy (non-hydrogen) atoms. The molecule has 0 amide bonds. The fourth-order valence-corrected chi connectivity index (χ4v) is 2.30. The molecule has 0 radical (unpaired) electrons. The number of nitrogens with one attached hydrogen (secondary N) is 1. The zero-order valence-corrected chi connectivity index (χ0v) is 9.22. The van der Waals surface area contributed by atoms with Crippen molar-refractivity contribution >= 4 is 11.6 Å². The summed E-state index contributed by atoms with van der Waals surface area (Å²) >= 11 is 6.20. The van der Waals surface area contributed by atoms with E-state index >= 15 is 0 Å². The van der Waals surface area contributed by atoms with Crippen LogP contribution in [0.1, 0.15) is 24.3 Å². The molecule has 0 aromatic heterocycles. The Bertz CT molecular complexity index is 307. The van der Waals surface area contributed by atoms with E-state index in [1.807, 2.05) is 19.2 Å². The number of halogens is 1. The molecule has 0 aliphatic heterocycles. The van der Waals surface area contributed by atoms with Crippen LogP contribution < -0.4 is 5.32 Å². The van der Waals surface area contributed by atoms with Gasteiger partial charge in [-0.1, -0.05) is 29.8 Å². The molecule has 1 aromatic rings. The Hall–Kier alpha value is -0.530. The minimum absolute atomic E-state index is 0.605. The molecule has 1 N–H and O–H groups in total. The summed E-state index contributed by atoms with van der Waals surface area (Å²) in [6, 6.07) is 8.21. The molecule has 0 spiro atoms. The summed E-state index contributed by atoms with van der Waals surface area (Å²) < 4.78 is 0. The average Bonchev–Trinajstić information content (AvgIpc) is 2.99. The smallest absolute Gasteiger partial charge is 0.0441 e. The van der Waals surface area contributed by atoms with E-state index in [1.165, 1.54) is 18.4 Å². The van der Waals surface area contributed by atoms with Crippen LogP contribution in [0.4, 0.5) is 0 Å². The Balaban J connectivity index is 2.21. The number of rotatable bonds is 4. The van der Waals surface area contributed by atoms with Crippen LogP contribution in [-0.2, 0) is 0 Å². The molecular formula is C12H16ClN. The Labute approximate surface area is 90.5 Å². The van der Waals surface area contributed by atoms with Crippen molar-refractivity contribution in [2.75, 3.05) is 13.6 Å². The van der Waals surface area contributed by atoms with Crippen LogP contribution in [-0.4, -0.2) is 13.6 Å². The molecule has 1 fully saturated rings. The first-order valence-corrected chi connectivity index (χ1v) is 5.59. The van der Waals surface area contributed by atoms with Gasteiger partial charge in [0.05, 0.1) is 0 Å². The molecule has 1 aromatic carbocycles. The lowest BCUT2D eigenvalue weighted by molar-refractivity contribution is 0.567. The molecule has 0 heterocycles. The van der Waals surface area contributed by atoms with Crippen LogP contribution in [0.3, 0.4) is 0 Å². The van der Waals surface area contributed by atoms with E-state index in [4.69, 9.17) is 11.6 Å². The summed E-state index contributed by atoms with van der Waals surface area (Å²) in [7, 11) is 2.01. The van der Waals surface area contributed by atoms with E-state index in [-0.39, 0.29) is 0 Å². The normalized spacial score (nSPS) is 18.1. The van der Waals surface area contributed by atoms with Gasteiger partial charge in [-0.2, -0.15) is 0 Å². The first kappa shape index (κ1) is 10.0. The van der Waals surface area contributed by atoms with Crippen molar-refractivity contribution in [2.24, 2.45) is 5.92 Å². The minimum Gasteiger partial charge on any atom is -0.319 e. The lowest BCUT2D eigenvalue weighted by Crippen LogP contribution is -2.19. The van der Waals surface area contributed by atoms with Gasteiger partial charge in [-0.3, -0.25) is 0 Å². The first-order valence-electron chi connectivity index (χ1n) is 5.22. The number of hydrogen-bond acceptors (Lipinski definition) is 1. The van der Waals surface area contributed by atoms with Crippen LogP contribution >= 0.6 is 11.6 Å². The Morgan fingerprint density at radius 3 is 2.71 bits per heavy atom. The molecule has 1 aliphatic carbocycles. The number of benzene rings is 1. The Kier molecular flexibility index (Phi) is 3.09. The van der Waals surface area contributed by atoms with Crippen LogP contribution in [0.25, 0.3) is 0 Å². The van der Waals surface area contributed by atoms with Gasteiger partial charge in [0.1, 0.15) is 0 Å². The molecule has 1 aliphatic rings. The predicted octanol–water partition coefficient (Wildman–Crippen LogP) is 3.05. The lowest BCUT2D eigenvalue weighted by atomic mass is 9.94. The standard InChI is InChI=1S/C12H16ClN/c1-14-8-11(9-6-7-9)10-4-2-3-5-12(10)13/h2-5,9,11,14H,6-8H2,1H3. The SMILES string of the molecule is CNCC(c1ccccc1Cl)C1CC1. The van der Waals surface area contributed by atoms with Crippen LogP contribution in [0.15, 0.2) is 24.3 Å². The highest BCUT2D eigenvalue weighted by atomic mass is 35.5. The zero-order valence-electron chi connectivity index (χ0n) is 8.46. The molecule has 1 saturated carbocycles. The highest BCUT2D eigenvalue weighted by molar-refractivity contribution is 6.31. The largest absolute Gasteiger partial charge is 0.319 e. The van der Waals surface area contributed by atoms with Gasteiger partial charge in [0, 0.05) is 17.5 Å². The van der Waals surface area contributed by atoms with Crippen LogP contribution in [0.5, 0.6) is 0 Å². The summed E-state index contributed by atoms with van der Waals surface area (Å²) in [6.45, 7) is 1.04. The van der Waals surface area contributed by atoms with E-state index in [1.54, 1.807) is 0 Å². The maximum atomic E-state index is 6.20. The fourth-order valence-electron chi connectivity index (χ4n) is 2.02. The third-order valence-corrected chi connectivity index (χ3v) is 3.26. The molecule has 2 heteroatoms. The van der Waals surface area contributed by atoms with Crippen molar-refractivity contribution in [1.29, 1.82) is 0 Å². The molecule has 76 valence electrons. The monoisotopic (exact) mass is 209 g/mol. The van der Waals surface area contributed by atoms with Gasteiger partial charge in [-0.05, 0) is 37.4 Å². The highest BCUT2D eigenvalue weighted by Gasteiger charge is 2.32. The van der Waals surface area contributed by atoms with Crippen molar-refractivity contribution < 1.29 is 0 Å². The zero-order chi connectivity index (χ0) is 9.97. The van der Waals surface area contributed by atoms with Crippen molar-refractivity contribution in [3.63, 3.8) is 0 Å². The third-order valence-electron chi connectivity index (χ3n) is 2.92. The van der Waals surface area contributed by atoms with Gasteiger partial charge in [-0.25, -0.2) is 0 Å². The molecule has 1 atom stereocenters. The molecule has 0 saturated heterocycles. The molecule has 1 nitrogen and oxygen atoms in total. The number of hydrogen-bond donors (Lipinski definition) is 1. The predicted molar refractivity (Wildman–Crippen MR) is 60.8 cm³/mol. The van der Waals surface area contributed by atoms with Gasteiger partial charge in [-0.15, -0.1) is 0 Å². The minimum atomic E-state index is 0.605. The molecule has 1 unspecified atom stereocenters. The summed E-state index contributed by atoms with van der Waals surface area (Å²) in [5.74, 6) is 1.45. The van der Waals surface area contributed by atoms with E-state index in [0.29, 0.717) is 5.92 Å². The van der Waals surface area contributed by atoms with Crippen molar-refractivity contribution in [3.05, 3.63) is 34.9 Å². The summed E-state index contributed by atoms with van der Waals surface area (Å²) in [6.07, 6.45) is 2.72.